The molecule has 0 aliphatic rings. The molecule has 3 N–H and O–H groups in total. The highest BCUT2D eigenvalue weighted by atomic mass is 35.5. The van der Waals surface area contributed by atoms with Crippen molar-refractivity contribution in [3.05, 3.63) is 34.9 Å². The lowest BCUT2D eigenvalue weighted by atomic mass is 10.00. The fourth-order valence-electron chi connectivity index (χ4n) is 2.17. The summed E-state index contributed by atoms with van der Waals surface area (Å²) in [6, 6.07) is 7.25. The Kier molecular flexibility index (Phi) is 8.07. The molecule has 0 saturated heterocycles. The van der Waals surface area contributed by atoms with Gasteiger partial charge in [-0.05, 0) is 43.0 Å². The summed E-state index contributed by atoms with van der Waals surface area (Å²) >= 11 is 5.81. The molecule has 0 aromatic heterocycles. The predicted molar refractivity (Wildman–Crippen MR) is 79.4 cm³/mol. The van der Waals surface area contributed by atoms with Crippen LogP contribution in [-0.2, 0) is 0 Å². The van der Waals surface area contributed by atoms with Gasteiger partial charge < -0.3 is 15.5 Å². The van der Waals surface area contributed by atoms with E-state index >= 15 is 0 Å². The smallest absolute Gasteiger partial charge is 0.0914 e. The largest absolute Gasteiger partial charge is 0.396 e. The lowest BCUT2D eigenvalue weighted by Crippen LogP contribution is -2.28. The summed E-state index contributed by atoms with van der Waals surface area (Å²) in [5.41, 5.74) is 0.867. The van der Waals surface area contributed by atoms with Crippen LogP contribution in [0.5, 0.6) is 0 Å². The van der Waals surface area contributed by atoms with Crippen molar-refractivity contribution >= 4 is 11.6 Å². The molecule has 0 aliphatic carbocycles. The van der Waals surface area contributed by atoms with Gasteiger partial charge >= 0.3 is 0 Å². The second-order valence-electron chi connectivity index (χ2n) is 4.89. The van der Waals surface area contributed by atoms with Gasteiger partial charge in [0.05, 0.1) is 6.10 Å². The van der Waals surface area contributed by atoms with Crippen LogP contribution in [0.2, 0.25) is 5.02 Å². The number of nitrogens with one attached hydrogen (secondary N) is 1. The summed E-state index contributed by atoms with van der Waals surface area (Å²) in [5.74, 6) is 0.479. The lowest BCUT2D eigenvalue weighted by Gasteiger charge is -2.18. The van der Waals surface area contributed by atoms with Crippen LogP contribution in [0, 0.1) is 5.92 Å². The van der Waals surface area contributed by atoms with Crippen molar-refractivity contribution in [2.24, 2.45) is 5.92 Å². The quantitative estimate of drug-likeness (QED) is 0.654. The molecule has 2 unspecified atom stereocenters. The van der Waals surface area contributed by atoms with E-state index in [2.05, 4.69) is 12.2 Å². The van der Waals surface area contributed by atoms with Crippen LogP contribution in [0.4, 0.5) is 0 Å². The van der Waals surface area contributed by atoms with Crippen LogP contribution in [0.1, 0.15) is 37.9 Å². The zero-order valence-electron chi connectivity index (χ0n) is 11.5. The van der Waals surface area contributed by atoms with Gasteiger partial charge in [-0.25, -0.2) is 0 Å². The van der Waals surface area contributed by atoms with Gasteiger partial charge in [-0.15, -0.1) is 0 Å². The monoisotopic (exact) mass is 285 g/mol. The summed E-state index contributed by atoms with van der Waals surface area (Å²) in [6.07, 6.45) is 2.52. The van der Waals surface area contributed by atoms with Crippen molar-refractivity contribution in [1.29, 1.82) is 0 Å². The van der Waals surface area contributed by atoms with E-state index in [4.69, 9.17) is 16.7 Å². The molecule has 3 nitrogen and oxygen atoms in total. The van der Waals surface area contributed by atoms with Crippen LogP contribution in [0.3, 0.4) is 0 Å². The van der Waals surface area contributed by atoms with Gasteiger partial charge in [-0.2, -0.15) is 0 Å². The maximum atomic E-state index is 10.0. The van der Waals surface area contributed by atoms with E-state index in [0.29, 0.717) is 17.5 Å². The number of aliphatic hydroxyl groups is 2. The predicted octanol–water partition coefficient (Wildman–Crippen LogP) is 2.76. The molecule has 19 heavy (non-hydrogen) atoms. The van der Waals surface area contributed by atoms with Gasteiger partial charge in [-0.3, -0.25) is 0 Å². The topological polar surface area (TPSA) is 52.5 Å². The minimum absolute atomic E-state index is 0.228. The Morgan fingerprint density at radius 2 is 1.84 bits per heavy atom. The minimum Gasteiger partial charge on any atom is -0.396 e. The van der Waals surface area contributed by atoms with E-state index in [1.807, 2.05) is 12.1 Å². The van der Waals surface area contributed by atoms with E-state index in [0.717, 1.165) is 31.4 Å². The maximum absolute atomic E-state index is 10.0. The van der Waals surface area contributed by atoms with E-state index in [1.165, 1.54) is 0 Å². The Labute approximate surface area is 120 Å². The second-order valence-corrected chi connectivity index (χ2v) is 5.33. The normalized spacial score (nSPS) is 14.3. The summed E-state index contributed by atoms with van der Waals surface area (Å²) in [6.45, 7) is 3.73. The van der Waals surface area contributed by atoms with Gasteiger partial charge in [0, 0.05) is 18.2 Å². The molecule has 0 heterocycles. The summed E-state index contributed by atoms with van der Waals surface area (Å²) in [7, 11) is 0. The highest BCUT2D eigenvalue weighted by molar-refractivity contribution is 6.30. The molecule has 4 heteroatoms. The third-order valence-electron chi connectivity index (χ3n) is 3.26. The summed E-state index contributed by atoms with van der Waals surface area (Å²) < 4.78 is 0. The molecule has 0 spiro atoms. The molecular weight excluding hydrogens is 262 g/mol. The van der Waals surface area contributed by atoms with E-state index in [9.17, 15) is 5.11 Å². The van der Waals surface area contributed by atoms with Gasteiger partial charge in [-0.1, -0.05) is 37.1 Å². The first-order chi connectivity index (χ1) is 9.17. The fraction of sp³-hybridized carbons (Fsp3) is 0.600. The number of benzene rings is 1. The van der Waals surface area contributed by atoms with Crippen LogP contribution < -0.4 is 5.32 Å². The second kappa shape index (κ2) is 9.32. The number of hydrogen-bond donors (Lipinski definition) is 3. The molecule has 0 amide bonds. The van der Waals surface area contributed by atoms with Crippen LogP contribution in [0.25, 0.3) is 0 Å². The van der Waals surface area contributed by atoms with Crippen molar-refractivity contribution < 1.29 is 10.2 Å². The van der Waals surface area contributed by atoms with E-state index in [-0.39, 0.29) is 6.61 Å². The van der Waals surface area contributed by atoms with E-state index in [1.54, 1.807) is 12.1 Å². The number of halogens is 1. The summed E-state index contributed by atoms with van der Waals surface area (Å²) in [4.78, 5) is 0. The highest BCUT2D eigenvalue weighted by Crippen LogP contribution is 2.16. The average Bonchev–Trinajstić information content (AvgIpc) is 2.40. The third kappa shape index (κ3) is 6.39. The van der Waals surface area contributed by atoms with Gasteiger partial charge in [0.1, 0.15) is 0 Å². The van der Waals surface area contributed by atoms with Crippen LogP contribution in [-0.4, -0.2) is 29.9 Å². The third-order valence-corrected chi connectivity index (χ3v) is 3.51. The molecule has 0 bridgehead atoms. The number of hydrogen-bond acceptors (Lipinski definition) is 3. The minimum atomic E-state index is -0.520. The Hall–Kier alpha value is -0.610. The highest BCUT2D eigenvalue weighted by Gasteiger charge is 2.10. The molecule has 2 atom stereocenters. The lowest BCUT2D eigenvalue weighted by molar-refractivity contribution is 0.170. The molecule has 1 rings (SSSR count). The standard InChI is InChI=1S/C15H24ClNO2/c1-2-3-12(8-9-18)10-17-11-15(19)13-4-6-14(16)7-5-13/h4-7,12,15,17-19H,2-3,8-11H2,1H3. The molecule has 1 aromatic rings. The Bertz CT molecular complexity index is 337. The van der Waals surface area contributed by atoms with Gasteiger partial charge in [0.2, 0.25) is 0 Å². The first kappa shape index (κ1) is 16.4. The van der Waals surface area contributed by atoms with E-state index < -0.39 is 6.10 Å². The molecular formula is C15H24ClNO2. The zero-order chi connectivity index (χ0) is 14.1. The van der Waals surface area contributed by atoms with Crippen LogP contribution in [0.15, 0.2) is 24.3 Å². The fourth-order valence-corrected chi connectivity index (χ4v) is 2.29. The molecule has 108 valence electrons. The van der Waals surface area contributed by atoms with Gasteiger partial charge in [0.25, 0.3) is 0 Å². The molecule has 0 saturated carbocycles. The molecule has 1 aromatic carbocycles. The first-order valence-corrected chi connectivity index (χ1v) is 7.30. The SMILES string of the molecule is CCCC(CCO)CNCC(O)c1ccc(Cl)cc1. The average molecular weight is 286 g/mol. The van der Waals surface area contributed by atoms with Crippen molar-refractivity contribution in [3.8, 4) is 0 Å². The summed E-state index contributed by atoms with van der Waals surface area (Å²) in [5, 5.41) is 23.0. The van der Waals surface area contributed by atoms with Crippen LogP contribution >= 0.6 is 11.6 Å². The molecule has 0 radical (unpaired) electrons. The van der Waals surface area contributed by atoms with Crippen molar-refractivity contribution in [3.63, 3.8) is 0 Å². The Morgan fingerprint density at radius 1 is 1.16 bits per heavy atom. The Balaban J connectivity index is 2.32. The van der Waals surface area contributed by atoms with Crippen molar-refractivity contribution in [1.82, 2.24) is 5.32 Å². The number of rotatable bonds is 9. The number of aliphatic hydroxyl groups excluding tert-OH is 2. The molecule has 0 aliphatic heterocycles. The molecule has 0 fully saturated rings. The Morgan fingerprint density at radius 3 is 2.42 bits per heavy atom. The van der Waals surface area contributed by atoms with Crippen molar-refractivity contribution in [2.75, 3.05) is 19.7 Å². The van der Waals surface area contributed by atoms with Crippen molar-refractivity contribution in [2.45, 2.75) is 32.3 Å². The van der Waals surface area contributed by atoms with Gasteiger partial charge in [0.15, 0.2) is 0 Å². The first-order valence-electron chi connectivity index (χ1n) is 6.92. The zero-order valence-corrected chi connectivity index (χ0v) is 12.2. The maximum Gasteiger partial charge on any atom is 0.0914 e.